The Morgan fingerprint density at radius 2 is 1.03 bits per heavy atom. The van der Waals surface area contributed by atoms with E-state index in [4.69, 9.17) is 14.7 Å². The highest BCUT2D eigenvalue weighted by Gasteiger charge is 2.37. The van der Waals surface area contributed by atoms with Gasteiger partial charge in [-0.1, -0.05) is 42.0 Å². The van der Waals surface area contributed by atoms with E-state index in [0.717, 1.165) is 51.5 Å². The standard InChI is InChI=1S/C21H19Br2F2N3O3S2.C21H19Br2F2N3O2S2/c1-31-15-4-2-3-13(10-15)9-14-12-32-21(26-14)27-5-7-28(8-6-27)33(29,30)20-18(23)17(24)11-16(22)19(20)25;1-13-3-2-4-14(9-13)10-15-12-31-21(26-15)27-5-7-28(8-6-27)32(29,30)20-18(23)17(24)11-16(22)19(20)25/h2-4,10-12H,5-9H2,1H3;2-4,9,11-12H,5-8,10H2,1H3. The molecule has 11 nitrogen and oxygen atoms in total. The van der Waals surface area contributed by atoms with Gasteiger partial charge in [0.2, 0.25) is 20.0 Å². The predicted octanol–water partition coefficient (Wildman–Crippen LogP) is 10.4. The number of aromatic nitrogens is 2. The number of halogens is 8. The van der Waals surface area contributed by atoms with Gasteiger partial charge in [0, 0.05) is 76.0 Å². The Labute approximate surface area is 416 Å². The third-order valence-electron chi connectivity index (χ3n) is 10.4. The van der Waals surface area contributed by atoms with Crippen LogP contribution in [-0.4, -0.2) is 94.9 Å². The molecule has 0 atom stereocenters. The van der Waals surface area contributed by atoms with Gasteiger partial charge in [-0.3, -0.25) is 0 Å². The Balaban J connectivity index is 0.000000194. The lowest BCUT2D eigenvalue weighted by Crippen LogP contribution is -2.49. The molecule has 0 spiro atoms. The van der Waals surface area contributed by atoms with Crippen molar-refractivity contribution in [3.05, 3.63) is 141 Å². The number of rotatable bonds is 11. The van der Waals surface area contributed by atoms with Crippen LogP contribution in [-0.2, 0) is 32.9 Å². The second-order valence-electron chi connectivity index (χ2n) is 14.8. The maximum atomic E-state index is 14.6. The molecule has 0 aliphatic carbocycles. The van der Waals surface area contributed by atoms with Crippen LogP contribution in [0.2, 0.25) is 0 Å². The number of ether oxygens (including phenoxy) is 1. The van der Waals surface area contributed by atoms with Crippen LogP contribution in [0.1, 0.15) is 28.1 Å². The molecule has 4 aromatic carbocycles. The van der Waals surface area contributed by atoms with E-state index < -0.39 is 62.1 Å². The fourth-order valence-electron chi connectivity index (χ4n) is 7.12. The zero-order chi connectivity index (χ0) is 46.8. The van der Waals surface area contributed by atoms with Crippen molar-refractivity contribution >= 4 is 117 Å². The molecular weight excluding hydrogens is 1190 g/mol. The van der Waals surface area contributed by atoms with Gasteiger partial charge in [-0.25, -0.2) is 44.4 Å². The number of nitrogens with zero attached hydrogens (tertiary/aromatic N) is 6. The topological polar surface area (TPSA) is 116 Å². The Bertz CT molecular complexity index is 2880. The van der Waals surface area contributed by atoms with Crippen LogP contribution in [0.25, 0.3) is 0 Å². The van der Waals surface area contributed by atoms with Crippen molar-refractivity contribution in [3.63, 3.8) is 0 Å². The SMILES string of the molecule is COc1cccc(Cc2csc(N3CCN(S(=O)(=O)c4c(F)c(Br)cc(F)c4Br)CC3)n2)c1.Cc1cccc(Cc2csc(N3CCN(S(=O)(=O)c4c(F)c(Br)cc(F)c4Br)CC3)n2)c1. The number of methoxy groups -OCH3 is 1. The second-order valence-corrected chi connectivity index (χ2v) is 23.5. The molecule has 2 aliphatic heterocycles. The molecule has 2 aliphatic rings. The molecule has 65 heavy (non-hydrogen) atoms. The largest absolute Gasteiger partial charge is 0.497 e. The first-order chi connectivity index (χ1) is 30.9. The predicted molar refractivity (Wildman–Crippen MR) is 259 cm³/mol. The van der Waals surface area contributed by atoms with Crippen molar-refractivity contribution in [2.45, 2.75) is 29.6 Å². The van der Waals surface area contributed by atoms with E-state index in [-0.39, 0.29) is 35.1 Å². The Hall–Kier alpha value is -3.00. The van der Waals surface area contributed by atoms with Gasteiger partial charge in [0.05, 0.1) is 36.4 Å². The summed E-state index contributed by atoms with van der Waals surface area (Å²) in [5, 5.41) is 5.61. The zero-order valence-corrected chi connectivity index (χ0v) is 44.0. The van der Waals surface area contributed by atoms with Crippen LogP contribution in [0.5, 0.6) is 5.75 Å². The quantitative estimate of drug-likeness (QED) is 0.0924. The van der Waals surface area contributed by atoms with Crippen molar-refractivity contribution < 1.29 is 39.1 Å². The maximum Gasteiger partial charge on any atom is 0.247 e. The van der Waals surface area contributed by atoms with E-state index in [2.05, 4.69) is 88.8 Å². The summed E-state index contributed by atoms with van der Waals surface area (Å²) in [6, 6.07) is 17.8. The van der Waals surface area contributed by atoms with E-state index in [1.807, 2.05) is 50.9 Å². The van der Waals surface area contributed by atoms with Crippen LogP contribution in [0.3, 0.4) is 0 Å². The molecule has 2 saturated heterocycles. The fraction of sp³-hybridized carbons (Fsp3) is 0.286. The molecule has 2 aromatic heterocycles. The molecule has 2 fully saturated rings. The number of hydrogen-bond donors (Lipinski definition) is 0. The minimum atomic E-state index is -4.23. The van der Waals surface area contributed by atoms with E-state index in [0.29, 0.717) is 32.6 Å². The van der Waals surface area contributed by atoms with Crippen molar-refractivity contribution in [2.24, 2.45) is 0 Å². The van der Waals surface area contributed by atoms with Crippen LogP contribution < -0.4 is 14.5 Å². The average molecular weight is 1230 g/mol. The summed E-state index contributed by atoms with van der Waals surface area (Å²) in [4.78, 5) is 12.0. The van der Waals surface area contributed by atoms with E-state index in [1.165, 1.54) is 42.4 Å². The Morgan fingerprint density at radius 3 is 1.45 bits per heavy atom. The first-order valence-corrected chi connectivity index (χ1v) is 27.4. The lowest BCUT2D eigenvalue weighted by atomic mass is 10.1. The fourth-order valence-corrected chi connectivity index (χ4v) is 14.9. The van der Waals surface area contributed by atoms with Crippen molar-refractivity contribution in [1.29, 1.82) is 0 Å². The average Bonchev–Trinajstić information content (AvgIpc) is 3.95. The minimum Gasteiger partial charge on any atom is -0.497 e. The molecule has 0 saturated carbocycles. The highest BCUT2D eigenvalue weighted by molar-refractivity contribution is 9.11. The van der Waals surface area contributed by atoms with Gasteiger partial charge in [0.25, 0.3) is 0 Å². The first-order valence-electron chi connectivity index (χ1n) is 19.6. The summed E-state index contributed by atoms with van der Waals surface area (Å²) < 4.78 is 116. The van der Waals surface area contributed by atoms with Crippen LogP contribution in [0.4, 0.5) is 27.8 Å². The molecule has 0 N–H and O–H groups in total. The number of anilines is 2. The highest BCUT2D eigenvalue weighted by atomic mass is 79.9. The van der Waals surface area contributed by atoms with E-state index in [1.54, 1.807) is 7.11 Å². The molecule has 0 amide bonds. The Kier molecular flexibility index (Phi) is 16.2. The van der Waals surface area contributed by atoms with Gasteiger partial charge in [0.15, 0.2) is 21.9 Å². The summed E-state index contributed by atoms with van der Waals surface area (Å²) in [6.45, 7) is 4.21. The van der Waals surface area contributed by atoms with E-state index >= 15 is 0 Å². The van der Waals surface area contributed by atoms with Gasteiger partial charge in [-0.05, 0) is 106 Å². The van der Waals surface area contributed by atoms with Crippen molar-refractivity contribution in [3.8, 4) is 5.75 Å². The maximum absolute atomic E-state index is 14.6. The van der Waals surface area contributed by atoms with Crippen molar-refractivity contribution in [1.82, 2.24) is 18.6 Å². The molecule has 0 radical (unpaired) electrons. The number of benzene rings is 4. The Morgan fingerprint density at radius 1 is 0.615 bits per heavy atom. The number of thiazole rings is 2. The van der Waals surface area contributed by atoms with Gasteiger partial charge in [-0.2, -0.15) is 8.61 Å². The molecule has 0 unspecified atom stereocenters. The third-order valence-corrected chi connectivity index (χ3v) is 19.4. The molecule has 0 bridgehead atoms. The first kappa shape index (κ1) is 49.9. The smallest absolute Gasteiger partial charge is 0.247 e. The molecule has 8 rings (SSSR count). The minimum absolute atomic E-state index is 0.132. The van der Waals surface area contributed by atoms with Gasteiger partial charge >= 0.3 is 0 Å². The number of piperazine rings is 2. The number of hydrogen-bond acceptors (Lipinski definition) is 11. The van der Waals surface area contributed by atoms with Gasteiger partial charge in [-0.15, -0.1) is 22.7 Å². The zero-order valence-electron chi connectivity index (χ0n) is 34.4. The molecule has 4 heterocycles. The molecular formula is C42H38Br4F4N6O5S4. The van der Waals surface area contributed by atoms with E-state index in [9.17, 15) is 34.4 Å². The van der Waals surface area contributed by atoms with Crippen LogP contribution in [0, 0.1) is 30.2 Å². The summed E-state index contributed by atoms with van der Waals surface area (Å²) in [5.41, 5.74) is 5.33. The third kappa shape index (κ3) is 11.3. The van der Waals surface area contributed by atoms with Crippen LogP contribution in [0.15, 0.2) is 99.1 Å². The molecule has 23 heteroatoms. The lowest BCUT2D eigenvalue weighted by Gasteiger charge is -2.34. The molecule has 6 aromatic rings. The normalized spacial score (nSPS) is 15.2. The summed E-state index contributed by atoms with van der Waals surface area (Å²) in [5.74, 6) is -2.95. The highest BCUT2D eigenvalue weighted by Crippen LogP contribution is 2.37. The van der Waals surface area contributed by atoms with Gasteiger partial charge in [0.1, 0.15) is 27.2 Å². The van der Waals surface area contributed by atoms with Crippen LogP contribution >= 0.6 is 86.4 Å². The summed E-state index contributed by atoms with van der Waals surface area (Å²) >= 11 is 14.5. The summed E-state index contributed by atoms with van der Waals surface area (Å²) in [7, 11) is -6.82. The van der Waals surface area contributed by atoms with Crippen molar-refractivity contribution in [2.75, 3.05) is 69.3 Å². The lowest BCUT2D eigenvalue weighted by molar-refractivity contribution is 0.380. The number of sulfonamides is 2. The second kappa shape index (κ2) is 21.1. The van der Waals surface area contributed by atoms with Gasteiger partial charge < -0.3 is 14.5 Å². The molecule has 346 valence electrons. The number of aryl methyl sites for hydroxylation is 1. The monoisotopic (exact) mass is 1230 g/mol. The summed E-state index contributed by atoms with van der Waals surface area (Å²) in [6.07, 6.45) is 1.39.